The molecule has 0 aliphatic rings. The number of rotatable bonds is 8. The number of imidazole rings is 1. The van der Waals surface area contributed by atoms with Gasteiger partial charge in [0.15, 0.2) is 0 Å². The summed E-state index contributed by atoms with van der Waals surface area (Å²) in [7, 11) is 2.04. The highest BCUT2D eigenvalue weighted by Gasteiger charge is 2.15. The van der Waals surface area contributed by atoms with Crippen LogP contribution >= 0.6 is 0 Å². The van der Waals surface area contributed by atoms with Crippen molar-refractivity contribution >= 4 is 0 Å². The second kappa shape index (κ2) is 7.49. The fraction of sp³-hybridized carbons (Fsp3) is 0.786. The Balaban J connectivity index is 2.36. The van der Waals surface area contributed by atoms with Crippen molar-refractivity contribution in [2.75, 3.05) is 0 Å². The van der Waals surface area contributed by atoms with Crippen LogP contribution in [0.15, 0.2) is 12.4 Å². The van der Waals surface area contributed by atoms with Gasteiger partial charge in [0.1, 0.15) is 5.82 Å². The predicted molar refractivity (Wildman–Crippen MR) is 72.8 cm³/mol. The van der Waals surface area contributed by atoms with E-state index in [2.05, 4.69) is 23.4 Å². The maximum absolute atomic E-state index is 6.30. The zero-order chi connectivity index (χ0) is 12.7. The van der Waals surface area contributed by atoms with Crippen LogP contribution in [0, 0.1) is 5.92 Å². The van der Waals surface area contributed by atoms with Crippen molar-refractivity contribution < 1.29 is 0 Å². The van der Waals surface area contributed by atoms with E-state index in [0.717, 1.165) is 18.7 Å². The van der Waals surface area contributed by atoms with E-state index >= 15 is 0 Å². The van der Waals surface area contributed by atoms with Gasteiger partial charge in [-0.25, -0.2) is 4.98 Å². The minimum Gasteiger partial charge on any atom is -0.338 e. The second-order valence-corrected chi connectivity index (χ2v) is 4.97. The Morgan fingerprint density at radius 1 is 1.35 bits per heavy atom. The minimum atomic E-state index is 0.322. The lowest BCUT2D eigenvalue weighted by Crippen LogP contribution is -2.30. The second-order valence-electron chi connectivity index (χ2n) is 4.97. The van der Waals surface area contributed by atoms with E-state index in [1.807, 2.05) is 19.4 Å². The molecule has 0 fully saturated rings. The van der Waals surface area contributed by atoms with E-state index in [0.29, 0.717) is 12.0 Å². The van der Waals surface area contributed by atoms with Crippen LogP contribution in [0.5, 0.6) is 0 Å². The molecule has 0 amide bonds. The molecule has 3 nitrogen and oxygen atoms in total. The van der Waals surface area contributed by atoms with Gasteiger partial charge in [-0.2, -0.15) is 0 Å². The summed E-state index contributed by atoms with van der Waals surface area (Å²) in [5.41, 5.74) is 6.30. The van der Waals surface area contributed by atoms with Gasteiger partial charge in [-0.3, -0.25) is 0 Å². The molecule has 2 N–H and O–H groups in total. The molecule has 0 aromatic carbocycles. The van der Waals surface area contributed by atoms with Crippen LogP contribution in [0.1, 0.15) is 51.8 Å². The Morgan fingerprint density at radius 3 is 2.65 bits per heavy atom. The van der Waals surface area contributed by atoms with Crippen molar-refractivity contribution in [1.29, 1.82) is 0 Å². The van der Waals surface area contributed by atoms with Gasteiger partial charge >= 0.3 is 0 Å². The average Bonchev–Trinajstić information content (AvgIpc) is 2.73. The van der Waals surface area contributed by atoms with E-state index < -0.39 is 0 Å². The molecule has 0 spiro atoms. The van der Waals surface area contributed by atoms with Crippen LogP contribution in [0.25, 0.3) is 0 Å². The number of unbranched alkanes of at least 4 members (excludes halogenated alkanes) is 1. The highest BCUT2D eigenvalue weighted by atomic mass is 15.0. The molecule has 98 valence electrons. The lowest BCUT2D eigenvalue weighted by atomic mass is 9.89. The van der Waals surface area contributed by atoms with Gasteiger partial charge in [-0.05, 0) is 18.8 Å². The van der Waals surface area contributed by atoms with Crippen LogP contribution in [0.4, 0.5) is 0 Å². The third-order valence-electron chi connectivity index (χ3n) is 3.68. The Bertz CT molecular complexity index is 306. The summed E-state index contributed by atoms with van der Waals surface area (Å²) in [6, 6.07) is 0.322. The molecule has 0 radical (unpaired) electrons. The first kappa shape index (κ1) is 14.2. The first-order valence-corrected chi connectivity index (χ1v) is 6.90. The molecule has 1 heterocycles. The van der Waals surface area contributed by atoms with Gasteiger partial charge in [0.25, 0.3) is 0 Å². The largest absolute Gasteiger partial charge is 0.338 e. The van der Waals surface area contributed by atoms with Crippen LogP contribution in [0.3, 0.4) is 0 Å². The van der Waals surface area contributed by atoms with E-state index in [-0.39, 0.29) is 0 Å². The standard InChI is InChI=1S/C14H27N3/c1-4-6-7-12(5-2)13(15)8-9-14-16-10-11-17(14)3/h10-13H,4-9,15H2,1-3H3. The van der Waals surface area contributed by atoms with Gasteiger partial charge in [-0.1, -0.05) is 33.1 Å². The van der Waals surface area contributed by atoms with Crippen molar-refractivity contribution in [2.45, 2.75) is 58.4 Å². The molecule has 1 rings (SSSR count). The van der Waals surface area contributed by atoms with Crippen molar-refractivity contribution in [3.05, 3.63) is 18.2 Å². The molecule has 1 aromatic heterocycles. The molecule has 3 heteroatoms. The van der Waals surface area contributed by atoms with Gasteiger partial charge in [0.2, 0.25) is 0 Å². The smallest absolute Gasteiger partial charge is 0.108 e. The molecule has 0 saturated carbocycles. The van der Waals surface area contributed by atoms with Gasteiger partial charge < -0.3 is 10.3 Å². The fourth-order valence-electron chi connectivity index (χ4n) is 2.36. The SMILES string of the molecule is CCCCC(CC)C(N)CCc1nccn1C. The number of aromatic nitrogens is 2. The summed E-state index contributed by atoms with van der Waals surface area (Å²) < 4.78 is 2.08. The molecule has 0 saturated heterocycles. The number of aryl methyl sites for hydroxylation is 2. The Labute approximate surface area is 105 Å². The molecule has 2 atom stereocenters. The highest BCUT2D eigenvalue weighted by Crippen LogP contribution is 2.18. The average molecular weight is 237 g/mol. The van der Waals surface area contributed by atoms with Crippen molar-refractivity contribution in [2.24, 2.45) is 18.7 Å². The molecular formula is C14H27N3. The van der Waals surface area contributed by atoms with Crippen molar-refractivity contribution in [3.63, 3.8) is 0 Å². The van der Waals surface area contributed by atoms with Crippen LogP contribution in [-0.4, -0.2) is 15.6 Å². The molecule has 17 heavy (non-hydrogen) atoms. The van der Waals surface area contributed by atoms with Gasteiger partial charge in [-0.15, -0.1) is 0 Å². The summed E-state index contributed by atoms with van der Waals surface area (Å²) in [5, 5.41) is 0. The summed E-state index contributed by atoms with van der Waals surface area (Å²) in [5.74, 6) is 1.82. The van der Waals surface area contributed by atoms with Gasteiger partial charge in [0.05, 0.1) is 0 Å². The maximum atomic E-state index is 6.30. The summed E-state index contributed by atoms with van der Waals surface area (Å²) in [6.45, 7) is 4.49. The summed E-state index contributed by atoms with van der Waals surface area (Å²) in [4.78, 5) is 4.34. The van der Waals surface area contributed by atoms with Crippen molar-refractivity contribution in [3.8, 4) is 0 Å². The molecule has 1 aromatic rings. The summed E-state index contributed by atoms with van der Waals surface area (Å²) in [6.07, 6.45) is 10.9. The monoisotopic (exact) mass is 237 g/mol. The topological polar surface area (TPSA) is 43.8 Å². The number of nitrogens with zero attached hydrogens (tertiary/aromatic N) is 2. The predicted octanol–water partition coefficient (Wildman–Crippen LogP) is 2.90. The van der Waals surface area contributed by atoms with Gasteiger partial charge in [0, 0.05) is 31.9 Å². The number of nitrogens with two attached hydrogens (primary N) is 1. The minimum absolute atomic E-state index is 0.322. The molecule has 2 unspecified atom stereocenters. The van der Waals surface area contributed by atoms with E-state index in [4.69, 9.17) is 5.73 Å². The number of hydrogen-bond acceptors (Lipinski definition) is 2. The third-order valence-corrected chi connectivity index (χ3v) is 3.68. The van der Waals surface area contributed by atoms with Crippen LogP contribution in [0.2, 0.25) is 0 Å². The lowest BCUT2D eigenvalue weighted by Gasteiger charge is -2.22. The van der Waals surface area contributed by atoms with Crippen molar-refractivity contribution in [1.82, 2.24) is 9.55 Å². The zero-order valence-corrected chi connectivity index (χ0v) is 11.5. The highest BCUT2D eigenvalue weighted by molar-refractivity contribution is 4.92. The first-order valence-electron chi connectivity index (χ1n) is 6.90. The molecule has 0 aliphatic heterocycles. The number of hydrogen-bond donors (Lipinski definition) is 1. The molecular weight excluding hydrogens is 210 g/mol. The molecule has 0 bridgehead atoms. The zero-order valence-electron chi connectivity index (χ0n) is 11.5. The first-order chi connectivity index (χ1) is 8.19. The third kappa shape index (κ3) is 4.50. The normalized spacial score (nSPS) is 14.8. The van der Waals surface area contributed by atoms with Crippen LogP contribution in [-0.2, 0) is 13.5 Å². The Kier molecular flexibility index (Phi) is 6.27. The van der Waals surface area contributed by atoms with Crippen LogP contribution < -0.4 is 5.73 Å². The Hall–Kier alpha value is -0.830. The maximum Gasteiger partial charge on any atom is 0.108 e. The van der Waals surface area contributed by atoms with E-state index in [1.54, 1.807) is 0 Å². The Morgan fingerprint density at radius 2 is 2.12 bits per heavy atom. The van der Waals surface area contributed by atoms with E-state index in [9.17, 15) is 0 Å². The quantitative estimate of drug-likeness (QED) is 0.755. The fourth-order valence-corrected chi connectivity index (χ4v) is 2.36. The summed E-state index contributed by atoms with van der Waals surface area (Å²) >= 11 is 0. The van der Waals surface area contributed by atoms with E-state index in [1.165, 1.54) is 25.7 Å². The molecule has 0 aliphatic carbocycles. The lowest BCUT2D eigenvalue weighted by molar-refractivity contribution is 0.353.